The smallest absolute Gasteiger partial charge is 0.253 e. The van der Waals surface area contributed by atoms with Crippen molar-refractivity contribution in [1.29, 1.82) is 0 Å². The molecule has 0 bridgehead atoms. The Balaban J connectivity index is 1.54. The van der Waals surface area contributed by atoms with Crippen molar-refractivity contribution in [2.45, 2.75) is 37.8 Å². The predicted octanol–water partition coefficient (Wildman–Crippen LogP) is 1.81. The minimum Gasteiger partial charge on any atom is -0.378 e. The number of anilines is 1. The van der Waals surface area contributed by atoms with E-state index in [9.17, 15) is 4.79 Å². The summed E-state index contributed by atoms with van der Waals surface area (Å²) in [6, 6.07) is 4.00. The molecule has 2 fully saturated rings. The molecule has 5 nitrogen and oxygen atoms in total. The molecule has 2 unspecified atom stereocenters. The maximum absolute atomic E-state index is 11.7. The normalized spacial score (nSPS) is 24.3. The first-order chi connectivity index (χ1) is 10.8. The lowest BCUT2D eigenvalue weighted by Gasteiger charge is -2.30. The molecule has 2 heterocycles. The molecule has 3 rings (SSSR count). The quantitative estimate of drug-likeness (QED) is 0.814. The third kappa shape index (κ3) is 3.77. The van der Waals surface area contributed by atoms with Gasteiger partial charge in [0.15, 0.2) is 0 Å². The van der Waals surface area contributed by atoms with E-state index in [0.29, 0.717) is 17.7 Å². The van der Waals surface area contributed by atoms with E-state index in [4.69, 9.17) is 11.2 Å². The van der Waals surface area contributed by atoms with Crippen molar-refractivity contribution in [2.24, 2.45) is 5.92 Å². The first-order valence-corrected chi connectivity index (χ1v) is 7.82. The van der Waals surface area contributed by atoms with Gasteiger partial charge in [0.2, 0.25) is 0 Å². The molecule has 0 aromatic carbocycles. The Labute approximate surface area is 130 Å². The molecular weight excluding hydrogens is 278 g/mol. The number of ether oxygens (including phenoxy) is 1. The molecule has 5 heteroatoms. The van der Waals surface area contributed by atoms with Gasteiger partial charge in [0.05, 0.1) is 18.2 Å². The zero-order valence-electron chi connectivity index (χ0n) is 12.5. The fourth-order valence-corrected chi connectivity index (χ4v) is 2.81. The van der Waals surface area contributed by atoms with Gasteiger partial charge in [-0.15, -0.1) is 6.42 Å². The SMILES string of the molecule is C#CCNC(=O)c1ccc(NC2CCOC(C3CC3)C2)nc1. The van der Waals surface area contributed by atoms with Crippen LogP contribution in [0.3, 0.4) is 0 Å². The molecule has 1 saturated carbocycles. The molecule has 0 radical (unpaired) electrons. The van der Waals surface area contributed by atoms with Gasteiger partial charge in [-0.1, -0.05) is 5.92 Å². The van der Waals surface area contributed by atoms with Crippen molar-refractivity contribution in [3.05, 3.63) is 23.9 Å². The number of hydrogen-bond acceptors (Lipinski definition) is 4. The van der Waals surface area contributed by atoms with Gasteiger partial charge in [-0.25, -0.2) is 4.98 Å². The number of hydrogen-bond donors (Lipinski definition) is 2. The topological polar surface area (TPSA) is 63.2 Å². The highest BCUT2D eigenvalue weighted by Gasteiger charge is 2.35. The number of pyridine rings is 1. The molecule has 1 aromatic heterocycles. The van der Waals surface area contributed by atoms with Crippen molar-refractivity contribution in [3.8, 4) is 12.3 Å². The van der Waals surface area contributed by atoms with Crippen LogP contribution in [0.1, 0.15) is 36.0 Å². The molecule has 2 aliphatic rings. The Morgan fingerprint density at radius 1 is 1.41 bits per heavy atom. The molecule has 1 aliphatic heterocycles. The van der Waals surface area contributed by atoms with Crippen LogP contribution < -0.4 is 10.6 Å². The fraction of sp³-hybridized carbons (Fsp3) is 0.529. The highest BCUT2D eigenvalue weighted by molar-refractivity contribution is 5.94. The van der Waals surface area contributed by atoms with Gasteiger partial charge < -0.3 is 15.4 Å². The second kappa shape index (κ2) is 6.80. The average Bonchev–Trinajstić information content (AvgIpc) is 3.38. The summed E-state index contributed by atoms with van der Waals surface area (Å²) < 4.78 is 5.83. The van der Waals surface area contributed by atoms with E-state index in [1.165, 1.54) is 12.8 Å². The van der Waals surface area contributed by atoms with Gasteiger partial charge >= 0.3 is 0 Å². The first-order valence-electron chi connectivity index (χ1n) is 7.82. The lowest BCUT2D eigenvalue weighted by Crippen LogP contribution is -2.35. The molecule has 1 amide bonds. The summed E-state index contributed by atoms with van der Waals surface area (Å²) in [5.41, 5.74) is 0.517. The summed E-state index contributed by atoms with van der Waals surface area (Å²) in [5, 5.41) is 6.07. The van der Waals surface area contributed by atoms with Gasteiger partial charge in [0.25, 0.3) is 5.91 Å². The first kappa shape index (κ1) is 14.9. The van der Waals surface area contributed by atoms with Gasteiger partial charge in [0, 0.05) is 18.8 Å². The molecule has 2 N–H and O–H groups in total. The highest BCUT2D eigenvalue weighted by atomic mass is 16.5. The third-order valence-corrected chi connectivity index (χ3v) is 4.19. The summed E-state index contributed by atoms with van der Waals surface area (Å²) in [7, 11) is 0. The van der Waals surface area contributed by atoms with Gasteiger partial charge in [0.1, 0.15) is 5.82 Å². The number of nitrogens with one attached hydrogen (secondary N) is 2. The van der Waals surface area contributed by atoms with E-state index in [0.717, 1.165) is 31.2 Å². The zero-order chi connectivity index (χ0) is 15.4. The molecule has 0 spiro atoms. The summed E-state index contributed by atoms with van der Waals surface area (Å²) in [4.78, 5) is 16.1. The number of aromatic nitrogens is 1. The Hall–Kier alpha value is -2.06. The minimum atomic E-state index is -0.197. The van der Waals surface area contributed by atoms with Crippen LogP contribution in [0.5, 0.6) is 0 Å². The van der Waals surface area contributed by atoms with Crippen molar-refractivity contribution in [3.63, 3.8) is 0 Å². The average molecular weight is 299 g/mol. The van der Waals surface area contributed by atoms with Crippen LogP contribution in [0.25, 0.3) is 0 Å². The number of nitrogens with zero attached hydrogens (tertiary/aromatic N) is 1. The largest absolute Gasteiger partial charge is 0.378 e. The molecule has 22 heavy (non-hydrogen) atoms. The van der Waals surface area contributed by atoms with Crippen molar-refractivity contribution in [2.75, 3.05) is 18.5 Å². The molecule has 116 valence electrons. The van der Waals surface area contributed by atoms with Crippen molar-refractivity contribution < 1.29 is 9.53 Å². The molecular formula is C17H21N3O2. The van der Waals surface area contributed by atoms with E-state index < -0.39 is 0 Å². The highest BCUT2D eigenvalue weighted by Crippen LogP contribution is 2.38. The van der Waals surface area contributed by atoms with E-state index >= 15 is 0 Å². The number of rotatable bonds is 5. The number of terminal acetylenes is 1. The number of amides is 1. The van der Waals surface area contributed by atoms with Crippen LogP contribution in [0.4, 0.5) is 5.82 Å². The Kier molecular flexibility index (Phi) is 4.59. The van der Waals surface area contributed by atoms with Gasteiger partial charge in [-0.05, 0) is 43.7 Å². The van der Waals surface area contributed by atoms with Gasteiger partial charge in [-0.3, -0.25) is 4.79 Å². The summed E-state index contributed by atoms with van der Waals surface area (Å²) in [6.45, 7) is 1.04. The molecule has 1 saturated heterocycles. The van der Waals surface area contributed by atoms with Crippen LogP contribution in [-0.2, 0) is 4.74 Å². The lowest BCUT2D eigenvalue weighted by atomic mass is 10.00. The van der Waals surface area contributed by atoms with Crippen molar-refractivity contribution in [1.82, 2.24) is 10.3 Å². The van der Waals surface area contributed by atoms with E-state index in [1.54, 1.807) is 12.3 Å². The maximum atomic E-state index is 11.7. The predicted molar refractivity (Wildman–Crippen MR) is 84.5 cm³/mol. The van der Waals surface area contributed by atoms with E-state index in [-0.39, 0.29) is 12.5 Å². The molecule has 1 aromatic rings. The molecule has 1 aliphatic carbocycles. The summed E-state index contributed by atoms with van der Waals surface area (Å²) in [5.74, 6) is 3.74. The van der Waals surface area contributed by atoms with E-state index in [2.05, 4.69) is 21.5 Å². The lowest BCUT2D eigenvalue weighted by molar-refractivity contribution is -0.00223. The van der Waals surface area contributed by atoms with Crippen LogP contribution in [0.15, 0.2) is 18.3 Å². The maximum Gasteiger partial charge on any atom is 0.253 e. The summed E-state index contributed by atoms with van der Waals surface area (Å²) in [6.07, 6.45) is 11.7. The fourth-order valence-electron chi connectivity index (χ4n) is 2.81. The monoisotopic (exact) mass is 299 g/mol. The second-order valence-electron chi connectivity index (χ2n) is 5.93. The Bertz CT molecular complexity index is 560. The number of carbonyl (C=O) groups is 1. The minimum absolute atomic E-state index is 0.197. The zero-order valence-corrected chi connectivity index (χ0v) is 12.5. The second-order valence-corrected chi connectivity index (χ2v) is 5.93. The third-order valence-electron chi connectivity index (χ3n) is 4.19. The Morgan fingerprint density at radius 2 is 2.27 bits per heavy atom. The molecule has 2 atom stereocenters. The number of carbonyl (C=O) groups excluding carboxylic acids is 1. The van der Waals surface area contributed by atoms with Crippen LogP contribution in [0.2, 0.25) is 0 Å². The standard InChI is InChI=1S/C17H21N3O2/c1-2-8-18-17(21)13-5-6-16(19-11-13)20-14-7-9-22-15(10-14)12-3-4-12/h1,5-6,11-12,14-15H,3-4,7-10H2,(H,18,21)(H,19,20). The summed E-state index contributed by atoms with van der Waals surface area (Å²) >= 11 is 0. The van der Waals surface area contributed by atoms with Crippen LogP contribution in [-0.4, -0.2) is 36.2 Å². The Morgan fingerprint density at radius 3 is 2.95 bits per heavy atom. The van der Waals surface area contributed by atoms with Crippen LogP contribution >= 0.6 is 0 Å². The van der Waals surface area contributed by atoms with Crippen LogP contribution in [0, 0.1) is 18.3 Å². The van der Waals surface area contributed by atoms with Crippen molar-refractivity contribution >= 4 is 11.7 Å². The van der Waals surface area contributed by atoms with Gasteiger partial charge in [-0.2, -0.15) is 0 Å². The van der Waals surface area contributed by atoms with E-state index in [1.807, 2.05) is 6.07 Å².